The van der Waals surface area contributed by atoms with Gasteiger partial charge in [-0.05, 0) is 25.8 Å². The predicted octanol–water partition coefficient (Wildman–Crippen LogP) is 1.20. The molecule has 0 aliphatic carbocycles. The van der Waals surface area contributed by atoms with Gasteiger partial charge in [0.25, 0.3) is 0 Å². The third-order valence-corrected chi connectivity index (χ3v) is 3.58. The average molecular weight is 243 g/mol. The van der Waals surface area contributed by atoms with Gasteiger partial charge in [0.1, 0.15) is 0 Å². The molecule has 17 heavy (non-hydrogen) atoms. The van der Waals surface area contributed by atoms with Crippen molar-refractivity contribution in [2.45, 2.75) is 38.3 Å². The molecule has 0 aromatic rings. The van der Waals surface area contributed by atoms with Crippen molar-refractivity contribution < 1.29 is 14.2 Å². The van der Waals surface area contributed by atoms with Crippen LogP contribution in [0.2, 0.25) is 0 Å². The van der Waals surface area contributed by atoms with Crippen LogP contribution in [-0.4, -0.2) is 51.7 Å². The Kier molecular flexibility index (Phi) is 5.71. The molecule has 0 radical (unpaired) electrons. The Labute approximate surface area is 104 Å². The summed E-state index contributed by atoms with van der Waals surface area (Å²) in [7, 11) is 0. The fourth-order valence-electron chi connectivity index (χ4n) is 2.67. The van der Waals surface area contributed by atoms with Crippen molar-refractivity contribution in [2.75, 3.05) is 39.6 Å². The average Bonchev–Trinajstić information content (AvgIpc) is 2.42. The summed E-state index contributed by atoms with van der Waals surface area (Å²) in [6.07, 6.45) is 3.75. The number of ether oxygens (including phenoxy) is 3. The van der Waals surface area contributed by atoms with E-state index in [4.69, 9.17) is 14.2 Å². The largest absolute Gasteiger partial charge is 0.381 e. The molecule has 2 rings (SSSR count). The summed E-state index contributed by atoms with van der Waals surface area (Å²) in [6, 6.07) is 0.385. The van der Waals surface area contributed by atoms with Crippen LogP contribution in [0.3, 0.4) is 0 Å². The molecule has 1 N–H and O–H groups in total. The second kappa shape index (κ2) is 7.31. The number of hydrogen-bond donors (Lipinski definition) is 1. The Morgan fingerprint density at radius 1 is 1.18 bits per heavy atom. The van der Waals surface area contributed by atoms with Gasteiger partial charge < -0.3 is 19.5 Å². The van der Waals surface area contributed by atoms with Gasteiger partial charge in [0, 0.05) is 18.6 Å². The van der Waals surface area contributed by atoms with Crippen LogP contribution in [0.4, 0.5) is 0 Å². The lowest BCUT2D eigenvalue weighted by Gasteiger charge is -2.37. The van der Waals surface area contributed by atoms with Crippen LogP contribution in [0.15, 0.2) is 0 Å². The highest BCUT2D eigenvalue weighted by molar-refractivity contribution is 4.86. The van der Waals surface area contributed by atoms with E-state index in [-0.39, 0.29) is 6.10 Å². The topological polar surface area (TPSA) is 39.7 Å². The van der Waals surface area contributed by atoms with Gasteiger partial charge in [0.2, 0.25) is 0 Å². The molecule has 0 saturated carbocycles. The van der Waals surface area contributed by atoms with E-state index in [1.165, 1.54) is 12.8 Å². The minimum atomic E-state index is 0.196. The molecule has 3 atom stereocenters. The lowest BCUT2D eigenvalue weighted by molar-refractivity contribution is -0.116. The van der Waals surface area contributed by atoms with Gasteiger partial charge in [-0.15, -0.1) is 0 Å². The molecule has 0 bridgehead atoms. The number of rotatable bonds is 5. The molecule has 4 heteroatoms. The monoisotopic (exact) mass is 243 g/mol. The van der Waals surface area contributed by atoms with E-state index in [0.29, 0.717) is 12.0 Å². The van der Waals surface area contributed by atoms with E-state index in [2.05, 4.69) is 12.2 Å². The van der Waals surface area contributed by atoms with Crippen LogP contribution in [0.5, 0.6) is 0 Å². The predicted molar refractivity (Wildman–Crippen MR) is 66.2 cm³/mol. The molecular weight excluding hydrogens is 218 g/mol. The Morgan fingerprint density at radius 3 is 2.71 bits per heavy atom. The molecular formula is C13H25NO3. The minimum Gasteiger partial charge on any atom is -0.381 e. The highest BCUT2D eigenvalue weighted by Crippen LogP contribution is 2.22. The summed E-state index contributed by atoms with van der Waals surface area (Å²) in [5, 5.41) is 3.62. The standard InChI is InChI=1S/C13H25NO3/c1-2-5-14-13(11-4-3-6-15-9-11)12-10-16-7-8-17-12/h11-14H,2-10H2,1H3. The normalized spacial score (nSPS) is 32.3. The third-order valence-electron chi connectivity index (χ3n) is 3.58. The van der Waals surface area contributed by atoms with Gasteiger partial charge in [0.15, 0.2) is 0 Å². The second-order valence-corrected chi connectivity index (χ2v) is 4.94. The Hall–Kier alpha value is -0.160. The van der Waals surface area contributed by atoms with E-state index < -0.39 is 0 Å². The number of nitrogens with one attached hydrogen (secondary N) is 1. The SMILES string of the molecule is CCCNC(C1CCCOC1)C1COCCO1. The first-order valence-corrected chi connectivity index (χ1v) is 6.92. The van der Waals surface area contributed by atoms with E-state index in [9.17, 15) is 0 Å². The summed E-state index contributed by atoms with van der Waals surface area (Å²) in [5.74, 6) is 0.571. The molecule has 4 nitrogen and oxygen atoms in total. The van der Waals surface area contributed by atoms with Gasteiger partial charge in [0.05, 0.1) is 32.5 Å². The van der Waals surface area contributed by atoms with Crippen molar-refractivity contribution >= 4 is 0 Å². The van der Waals surface area contributed by atoms with Gasteiger partial charge >= 0.3 is 0 Å². The maximum absolute atomic E-state index is 5.85. The van der Waals surface area contributed by atoms with Crippen molar-refractivity contribution in [1.82, 2.24) is 5.32 Å². The zero-order valence-electron chi connectivity index (χ0n) is 10.8. The molecule has 2 heterocycles. The molecule has 2 saturated heterocycles. The van der Waals surface area contributed by atoms with Crippen molar-refractivity contribution in [3.05, 3.63) is 0 Å². The third kappa shape index (κ3) is 3.91. The lowest BCUT2D eigenvalue weighted by Crippen LogP contribution is -2.52. The highest BCUT2D eigenvalue weighted by atomic mass is 16.6. The van der Waals surface area contributed by atoms with Crippen molar-refractivity contribution in [3.8, 4) is 0 Å². The molecule has 0 aromatic heterocycles. The fourth-order valence-corrected chi connectivity index (χ4v) is 2.67. The molecule has 2 fully saturated rings. The van der Waals surface area contributed by atoms with Crippen LogP contribution >= 0.6 is 0 Å². The van der Waals surface area contributed by atoms with Crippen molar-refractivity contribution in [3.63, 3.8) is 0 Å². The van der Waals surface area contributed by atoms with Crippen molar-refractivity contribution in [1.29, 1.82) is 0 Å². The van der Waals surface area contributed by atoms with Gasteiger partial charge in [-0.1, -0.05) is 6.92 Å². The molecule has 3 unspecified atom stereocenters. The molecule has 0 spiro atoms. The fraction of sp³-hybridized carbons (Fsp3) is 1.00. The Balaban J connectivity index is 1.90. The van der Waals surface area contributed by atoms with Crippen LogP contribution in [0, 0.1) is 5.92 Å². The van der Waals surface area contributed by atoms with E-state index in [1.54, 1.807) is 0 Å². The summed E-state index contributed by atoms with van der Waals surface area (Å²) in [6.45, 7) is 7.19. The second-order valence-electron chi connectivity index (χ2n) is 4.94. The lowest BCUT2D eigenvalue weighted by atomic mass is 9.89. The van der Waals surface area contributed by atoms with E-state index >= 15 is 0 Å². The number of hydrogen-bond acceptors (Lipinski definition) is 4. The summed E-state index contributed by atoms with van der Waals surface area (Å²) < 4.78 is 17.0. The summed E-state index contributed by atoms with van der Waals surface area (Å²) in [5.41, 5.74) is 0. The maximum Gasteiger partial charge on any atom is 0.0965 e. The smallest absolute Gasteiger partial charge is 0.0965 e. The first-order valence-electron chi connectivity index (χ1n) is 6.92. The molecule has 100 valence electrons. The first kappa shape index (κ1) is 13.3. The van der Waals surface area contributed by atoms with Crippen LogP contribution < -0.4 is 5.32 Å². The zero-order valence-corrected chi connectivity index (χ0v) is 10.8. The Morgan fingerprint density at radius 2 is 2.06 bits per heavy atom. The first-order chi connectivity index (χ1) is 8.42. The molecule has 0 amide bonds. The highest BCUT2D eigenvalue weighted by Gasteiger charge is 2.32. The van der Waals surface area contributed by atoms with Gasteiger partial charge in [-0.2, -0.15) is 0 Å². The quantitative estimate of drug-likeness (QED) is 0.787. The molecule has 0 aromatic carbocycles. The summed E-state index contributed by atoms with van der Waals surface area (Å²) in [4.78, 5) is 0. The van der Waals surface area contributed by atoms with Crippen molar-refractivity contribution in [2.24, 2.45) is 5.92 Å². The van der Waals surface area contributed by atoms with Gasteiger partial charge in [-0.3, -0.25) is 0 Å². The zero-order chi connectivity index (χ0) is 11.9. The summed E-state index contributed by atoms with van der Waals surface area (Å²) >= 11 is 0. The molecule has 2 aliphatic rings. The van der Waals surface area contributed by atoms with Crippen LogP contribution in [-0.2, 0) is 14.2 Å². The van der Waals surface area contributed by atoms with Gasteiger partial charge in [-0.25, -0.2) is 0 Å². The maximum atomic E-state index is 5.85. The van der Waals surface area contributed by atoms with E-state index in [0.717, 1.165) is 46.0 Å². The minimum absolute atomic E-state index is 0.196. The van der Waals surface area contributed by atoms with E-state index in [1.807, 2.05) is 0 Å². The van der Waals surface area contributed by atoms with Crippen LogP contribution in [0.25, 0.3) is 0 Å². The Bertz CT molecular complexity index is 183. The van der Waals surface area contributed by atoms with Crippen LogP contribution in [0.1, 0.15) is 26.2 Å². The molecule has 2 aliphatic heterocycles.